The number of amides is 1. The number of aromatic nitrogens is 3. The summed E-state index contributed by atoms with van der Waals surface area (Å²) < 4.78 is 15.0. The maximum Gasteiger partial charge on any atom is 0.237 e. The Morgan fingerprint density at radius 1 is 1.23 bits per heavy atom. The van der Waals surface area contributed by atoms with E-state index in [2.05, 4.69) is 15.5 Å². The van der Waals surface area contributed by atoms with Crippen LogP contribution in [0, 0.1) is 5.82 Å². The number of rotatable bonds is 5. The van der Waals surface area contributed by atoms with Crippen LogP contribution in [0.5, 0.6) is 0 Å². The number of nitrogens with one attached hydrogen (secondary N) is 1. The predicted octanol–water partition coefficient (Wildman–Crippen LogP) is 3.57. The van der Waals surface area contributed by atoms with Gasteiger partial charge in [0.1, 0.15) is 5.82 Å². The number of benzene rings is 2. The SMILES string of the molecule is CC(Sc1nnc(-c2ccc(Cl)cc2)n1N)C(=O)Nc1ccccc1F. The molecular weight excluding hydrogens is 377 g/mol. The zero-order chi connectivity index (χ0) is 18.7. The molecule has 1 amide bonds. The van der Waals surface area contributed by atoms with E-state index < -0.39 is 11.1 Å². The van der Waals surface area contributed by atoms with Crippen molar-refractivity contribution in [1.82, 2.24) is 14.9 Å². The number of anilines is 1. The molecule has 1 heterocycles. The first kappa shape index (κ1) is 18.2. The first-order valence-electron chi connectivity index (χ1n) is 7.64. The summed E-state index contributed by atoms with van der Waals surface area (Å²) in [5.74, 6) is 5.63. The van der Waals surface area contributed by atoms with Gasteiger partial charge in [-0.05, 0) is 43.3 Å². The molecule has 3 rings (SSSR count). The Labute approximate surface area is 158 Å². The highest BCUT2D eigenvalue weighted by molar-refractivity contribution is 8.00. The minimum absolute atomic E-state index is 0.126. The number of nitrogen functional groups attached to an aromatic ring is 1. The number of para-hydroxylation sites is 1. The van der Waals surface area contributed by atoms with Crippen molar-refractivity contribution in [3.63, 3.8) is 0 Å². The fourth-order valence-electron chi connectivity index (χ4n) is 2.16. The number of hydrogen-bond donors (Lipinski definition) is 2. The second-order valence-corrected chi connectivity index (χ2v) is 7.16. The van der Waals surface area contributed by atoms with E-state index in [1.807, 2.05) is 0 Å². The highest BCUT2D eigenvalue weighted by Crippen LogP contribution is 2.26. The molecule has 0 aliphatic rings. The number of thioether (sulfide) groups is 1. The lowest BCUT2D eigenvalue weighted by molar-refractivity contribution is -0.115. The first-order chi connectivity index (χ1) is 12.5. The molecule has 0 fully saturated rings. The van der Waals surface area contributed by atoms with Crippen LogP contribution in [-0.2, 0) is 4.79 Å². The Morgan fingerprint density at radius 2 is 1.92 bits per heavy atom. The zero-order valence-electron chi connectivity index (χ0n) is 13.7. The van der Waals surface area contributed by atoms with Gasteiger partial charge in [-0.15, -0.1) is 10.2 Å². The smallest absolute Gasteiger partial charge is 0.237 e. The molecule has 0 saturated carbocycles. The fourth-order valence-corrected chi connectivity index (χ4v) is 3.06. The molecule has 2 aromatic carbocycles. The number of nitrogens with zero attached hydrogens (tertiary/aromatic N) is 3. The molecule has 0 aliphatic heterocycles. The van der Waals surface area contributed by atoms with Gasteiger partial charge in [-0.1, -0.05) is 35.5 Å². The standard InChI is InChI=1S/C17H15ClFN5OS/c1-10(16(25)21-14-5-3-2-4-13(14)19)26-17-23-22-15(24(17)20)11-6-8-12(18)9-7-11/h2-10H,20H2,1H3,(H,21,25). The molecule has 26 heavy (non-hydrogen) atoms. The normalized spacial score (nSPS) is 12.0. The van der Waals surface area contributed by atoms with E-state index in [1.54, 1.807) is 43.3 Å². The number of carbonyl (C=O) groups excluding carboxylic acids is 1. The van der Waals surface area contributed by atoms with E-state index in [0.29, 0.717) is 16.0 Å². The van der Waals surface area contributed by atoms with Crippen LogP contribution in [0.2, 0.25) is 5.02 Å². The number of carbonyl (C=O) groups is 1. The molecule has 0 bridgehead atoms. The Hall–Kier alpha value is -2.58. The van der Waals surface area contributed by atoms with Crippen molar-refractivity contribution < 1.29 is 9.18 Å². The van der Waals surface area contributed by atoms with E-state index in [-0.39, 0.29) is 11.6 Å². The van der Waals surface area contributed by atoms with Gasteiger partial charge < -0.3 is 11.2 Å². The Balaban J connectivity index is 1.71. The third-order valence-corrected chi connectivity index (χ3v) is 4.86. The molecule has 0 radical (unpaired) electrons. The van der Waals surface area contributed by atoms with Crippen LogP contribution in [0.15, 0.2) is 53.7 Å². The van der Waals surface area contributed by atoms with E-state index in [4.69, 9.17) is 17.4 Å². The summed E-state index contributed by atoms with van der Waals surface area (Å²) in [7, 11) is 0. The molecule has 0 aliphatic carbocycles. The topological polar surface area (TPSA) is 85.8 Å². The molecule has 3 aromatic rings. The summed E-state index contributed by atoms with van der Waals surface area (Å²) in [6.45, 7) is 1.68. The zero-order valence-corrected chi connectivity index (χ0v) is 15.3. The van der Waals surface area contributed by atoms with Crippen molar-refractivity contribution in [3.8, 4) is 11.4 Å². The van der Waals surface area contributed by atoms with Gasteiger partial charge in [-0.2, -0.15) is 0 Å². The Morgan fingerprint density at radius 3 is 2.62 bits per heavy atom. The average Bonchev–Trinajstić information content (AvgIpc) is 2.98. The lowest BCUT2D eigenvalue weighted by Gasteiger charge is -2.12. The third-order valence-electron chi connectivity index (χ3n) is 3.55. The van der Waals surface area contributed by atoms with Gasteiger partial charge in [0, 0.05) is 10.6 Å². The summed E-state index contributed by atoms with van der Waals surface area (Å²) in [6, 6.07) is 13.0. The minimum Gasteiger partial charge on any atom is -0.335 e. The largest absolute Gasteiger partial charge is 0.335 e. The fraction of sp³-hybridized carbons (Fsp3) is 0.118. The quantitative estimate of drug-likeness (QED) is 0.513. The lowest BCUT2D eigenvalue weighted by atomic mass is 10.2. The predicted molar refractivity (Wildman–Crippen MR) is 101 cm³/mol. The van der Waals surface area contributed by atoms with Crippen LogP contribution in [-0.4, -0.2) is 26.0 Å². The van der Waals surface area contributed by atoms with E-state index >= 15 is 0 Å². The van der Waals surface area contributed by atoms with Crippen LogP contribution in [0.3, 0.4) is 0 Å². The van der Waals surface area contributed by atoms with Crippen LogP contribution in [0.1, 0.15) is 6.92 Å². The molecule has 9 heteroatoms. The molecule has 1 aromatic heterocycles. The Kier molecular flexibility index (Phi) is 5.43. The van der Waals surface area contributed by atoms with Gasteiger partial charge in [-0.3, -0.25) is 4.79 Å². The second kappa shape index (κ2) is 7.76. The average molecular weight is 392 g/mol. The van der Waals surface area contributed by atoms with Gasteiger partial charge in [0.05, 0.1) is 10.9 Å². The molecule has 1 atom stereocenters. The van der Waals surface area contributed by atoms with Crippen molar-refractivity contribution in [1.29, 1.82) is 0 Å². The van der Waals surface area contributed by atoms with E-state index in [0.717, 1.165) is 17.3 Å². The monoisotopic (exact) mass is 391 g/mol. The van der Waals surface area contributed by atoms with Crippen molar-refractivity contribution in [2.75, 3.05) is 11.2 Å². The van der Waals surface area contributed by atoms with Gasteiger partial charge in [0.25, 0.3) is 0 Å². The van der Waals surface area contributed by atoms with Crippen LogP contribution >= 0.6 is 23.4 Å². The lowest BCUT2D eigenvalue weighted by Crippen LogP contribution is -2.24. The summed E-state index contributed by atoms with van der Waals surface area (Å²) in [5, 5.41) is 11.0. The number of hydrogen-bond acceptors (Lipinski definition) is 5. The molecule has 3 N–H and O–H groups in total. The van der Waals surface area contributed by atoms with Gasteiger partial charge in [0.2, 0.25) is 11.1 Å². The van der Waals surface area contributed by atoms with Crippen LogP contribution in [0.4, 0.5) is 10.1 Å². The van der Waals surface area contributed by atoms with Gasteiger partial charge in [-0.25, -0.2) is 9.07 Å². The molecule has 0 saturated heterocycles. The molecule has 6 nitrogen and oxygen atoms in total. The maximum absolute atomic E-state index is 13.6. The highest BCUT2D eigenvalue weighted by Gasteiger charge is 2.20. The van der Waals surface area contributed by atoms with Gasteiger partial charge >= 0.3 is 0 Å². The summed E-state index contributed by atoms with van der Waals surface area (Å²) >= 11 is 7.00. The minimum atomic E-state index is -0.556. The summed E-state index contributed by atoms with van der Waals surface area (Å²) in [6.07, 6.45) is 0. The third kappa shape index (κ3) is 3.97. The van der Waals surface area contributed by atoms with Crippen molar-refractivity contribution >= 4 is 35.0 Å². The molecule has 134 valence electrons. The molecular formula is C17H15ClFN5OS. The summed E-state index contributed by atoms with van der Waals surface area (Å²) in [4.78, 5) is 12.3. The molecule has 0 spiro atoms. The Bertz CT molecular complexity index is 931. The summed E-state index contributed by atoms with van der Waals surface area (Å²) in [5.41, 5.74) is 0.876. The van der Waals surface area contributed by atoms with Crippen molar-refractivity contribution in [2.45, 2.75) is 17.3 Å². The number of halogens is 2. The van der Waals surface area contributed by atoms with Crippen molar-refractivity contribution in [3.05, 3.63) is 59.4 Å². The highest BCUT2D eigenvalue weighted by atomic mass is 35.5. The second-order valence-electron chi connectivity index (χ2n) is 5.41. The number of nitrogens with two attached hydrogens (primary N) is 1. The maximum atomic E-state index is 13.6. The van der Waals surface area contributed by atoms with Gasteiger partial charge in [0.15, 0.2) is 5.82 Å². The van der Waals surface area contributed by atoms with E-state index in [1.165, 1.54) is 16.8 Å². The van der Waals surface area contributed by atoms with E-state index in [9.17, 15) is 9.18 Å². The first-order valence-corrected chi connectivity index (χ1v) is 8.90. The molecule has 1 unspecified atom stereocenters. The van der Waals surface area contributed by atoms with Crippen molar-refractivity contribution in [2.24, 2.45) is 0 Å². The van der Waals surface area contributed by atoms with Crippen LogP contribution < -0.4 is 11.2 Å². The van der Waals surface area contributed by atoms with Crippen LogP contribution in [0.25, 0.3) is 11.4 Å².